The first kappa shape index (κ1) is 18.4. The summed E-state index contributed by atoms with van der Waals surface area (Å²) < 4.78 is 32.4. The van der Waals surface area contributed by atoms with Crippen LogP contribution < -0.4 is 9.64 Å². The minimum absolute atomic E-state index is 0.0191. The van der Waals surface area contributed by atoms with Crippen molar-refractivity contribution in [2.24, 2.45) is 0 Å². The number of nitriles is 1. The standard InChI is InChI=1S/C16H16ClN5O3S/c1-21(26(23,24)15-7-11(17)3-4-14(15)25-2)12-9-22(10-12)16-13(8-18)19-5-6-20-16/h3-7,12H,9-10H2,1-2H3. The molecule has 0 N–H and O–H groups in total. The van der Waals surface area contributed by atoms with Crippen molar-refractivity contribution in [3.8, 4) is 11.8 Å². The quantitative estimate of drug-likeness (QED) is 0.759. The highest BCUT2D eigenvalue weighted by Crippen LogP contribution is 2.32. The van der Waals surface area contributed by atoms with Crippen LogP contribution in [0.5, 0.6) is 5.75 Å². The second-order valence-electron chi connectivity index (χ2n) is 5.72. The molecule has 1 fully saturated rings. The van der Waals surface area contributed by atoms with Crippen molar-refractivity contribution in [2.75, 3.05) is 32.1 Å². The van der Waals surface area contributed by atoms with Gasteiger partial charge in [0, 0.05) is 37.6 Å². The highest BCUT2D eigenvalue weighted by molar-refractivity contribution is 7.89. The Morgan fingerprint density at radius 2 is 2.04 bits per heavy atom. The molecule has 1 aromatic heterocycles. The molecule has 26 heavy (non-hydrogen) atoms. The summed E-state index contributed by atoms with van der Waals surface area (Å²) in [6.45, 7) is 0.817. The third-order valence-electron chi connectivity index (χ3n) is 4.24. The molecule has 8 nitrogen and oxygen atoms in total. The third-order valence-corrected chi connectivity index (χ3v) is 6.41. The van der Waals surface area contributed by atoms with Gasteiger partial charge < -0.3 is 9.64 Å². The van der Waals surface area contributed by atoms with E-state index < -0.39 is 10.0 Å². The van der Waals surface area contributed by atoms with Crippen molar-refractivity contribution in [1.82, 2.24) is 14.3 Å². The van der Waals surface area contributed by atoms with Crippen molar-refractivity contribution < 1.29 is 13.2 Å². The van der Waals surface area contributed by atoms with Crippen molar-refractivity contribution >= 4 is 27.4 Å². The molecule has 0 radical (unpaired) electrons. The highest BCUT2D eigenvalue weighted by Gasteiger charge is 2.39. The summed E-state index contributed by atoms with van der Waals surface area (Å²) in [7, 11) is -0.868. The van der Waals surface area contributed by atoms with Gasteiger partial charge in [0.25, 0.3) is 0 Å². The number of rotatable bonds is 5. The lowest BCUT2D eigenvalue weighted by Crippen LogP contribution is -2.60. The molecule has 2 aromatic rings. The van der Waals surface area contributed by atoms with E-state index in [1.165, 1.54) is 43.0 Å². The minimum Gasteiger partial charge on any atom is -0.495 e. The fourth-order valence-electron chi connectivity index (χ4n) is 2.70. The molecule has 1 aliphatic rings. The zero-order valence-electron chi connectivity index (χ0n) is 14.1. The van der Waals surface area contributed by atoms with Crippen molar-refractivity contribution in [3.05, 3.63) is 41.3 Å². The van der Waals surface area contributed by atoms with Gasteiger partial charge in [-0.2, -0.15) is 9.57 Å². The van der Waals surface area contributed by atoms with Gasteiger partial charge in [0.15, 0.2) is 11.5 Å². The molecule has 0 spiro atoms. The van der Waals surface area contributed by atoms with Crippen LogP contribution in [0, 0.1) is 11.3 Å². The SMILES string of the molecule is COc1ccc(Cl)cc1S(=O)(=O)N(C)C1CN(c2nccnc2C#N)C1. The molecule has 1 aromatic carbocycles. The molecule has 0 unspecified atom stereocenters. The van der Waals surface area contributed by atoms with Gasteiger partial charge in [-0.25, -0.2) is 18.4 Å². The average Bonchev–Trinajstić information content (AvgIpc) is 2.60. The topological polar surface area (TPSA) is 99.4 Å². The number of nitrogens with zero attached hydrogens (tertiary/aromatic N) is 5. The van der Waals surface area contributed by atoms with Crippen LogP contribution in [0.1, 0.15) is 5.69 Å². The first-order valence-electron chi connectivity index (χ1n) is 7.66. The molecule has 0 aliphatic carbocycles. The first-order chi connectivity index (χ1) is 12.4. The molecule has 10 heteroatoms. The number of aromatic nitrogens is 2. The van der Waals surface area contributed by atoms with Gasteiger partial charge in [-0.3, -0.25) is 0 Å². The molecule has 1 saturated heterocycles. The van der Waals surface area contributed by atoms with Crippen molar-refractivity contribution in [1.29, 1.82) is 5.26 Å². The predicted molar refractivity (Wildman–Crippen MR) is 95.7 cm³/mol. The number of methoxy groups -OCH3 is 1. The molecular weight excluding hydrogens is 378 g/mol. The highest BCUT2D eigenvalue weighted by atomic mass is 35.5. The summed E-state index contributed by atoms with van der Waals surface area (Å²) in [6, 6.07) is 6.19. The Balaban J connectivity index is 1.80. The van der Waals surface area contributed by atoms with E-state index >= 15 is 0 Å². The minimum atomic E-state index is -3.79. The molecule has 2 heterocycles. The lowest BCUT2D eigenvalue weighted by molar-refractivity contribution is 0.307. The summed E-state index contributed by atoms with van der Waals surface area (Å²) in [6.07, 6.45) is 2.95. The number of hydrogen-bond donors (Lipinski definition) is 0. The lowest BCUT2D eigenvalue weighted by atomic mass is 10.1. The van der Waals surface area contributed by atoms with E-state index in [2.05, 4.69) is 9.97 Å². The molecule has 0 bridgehead atoms. The number of halogens is 1. The molecule has 0 atom stereocenters. The van der Waals surface area contributed by atoms with Crippen LogP contribution in [-0.2, 0) is 10.0 Å². The molecular formula is C16H16ClN5O3S. The van der Waals surface area contributed by atoms with Crippen LogP contribution in [0.15, 0.2) is 35.5 Å². The van der Waals surface area contributed by atoms with Gasteiger partial charge in [-0.15, -0.1) is 0 Å². The van der Waals surface area contributed by atoms with E-state index in [9.17, 15) is 8.42 Å². The van der Waals surface area contributed by atoms with Crippen LogP contribution in [0.4, 0.5) is 5.82 Å². The van der Waals surface area contributed by atoms with E-state index in [0.717, 1.165) is 0 Å². The summed E-state index contributed by atoms with van der Waals surface area (Å²) >= 11 is 5.96. The lowest BCUT2D eigenvalue weighted by Gasteiger charge is -2.43. The fourth-order valence-corrected chi connectivity index (χ4v) is 4.46. The second kappa shape index (κ2) is 7.07. The predicted octanol–water partition coefficient (Wildman–Crippen LogP) is 1.52. The summed E-state index contributed by atoms with van der Waals surface area (Å²) in [5.41, 5.74) is 0.216. The van der Waals surface area contributed by atoms with Crippen LogP contribution in [0.2, 0.25) is 5.02 Å². The van der Waals surface area contributed by atoms with Gasteiger partial charge in [-0.1, -0.05) is 11.6 Å². The summed E-state index contributed by atoms with van der Waals surface area (Å²) in [5.74, 6) is 0.690. The number of ether oxygens (including phenoxy) is 1. The number of benzene rings is 1. The fraction of sp³-hybridized carbons (Fsp3) is 0.312. The van der Waals surface area contributed by atoms with Crippen LogP contribution >= 0.6 is 11.6 Å². The van der Waals surface area contributed by atoms with Crippen LogP contribution in [0.25, 0.3) is 0 Å². The molecule has 136 valence electrons. The third kappa shape index (κ3) is 3.19. The first-order valence-corrected chi connectivity index (χ1v) is 9.48. The van der Waals surface area contributed by atoms with E-state index in [-0.39, 0.29) is 22.4 Å². The van der Waals surface area contributed by atoms with Gasteiger partial charge >= 0.3 is 0 Å². The van der Waals surface area contributed by atoms with E-state index in [0.29, 0.717) is 23.9 Å². The number of hydrogen-bond acceptors (Lipinski definition) is 7. The smallest absolute Gasteiger partial charge is 0.246 e. The van der Waals surface area contributed by atoms with E-state index in [1.54, 1.807) is 6.07 Å². The molecule has 3 rings (SSSR count). The maximum atomic E-state index is 13.0. The second-order valence-corrected chi connectivity index (χ2v) is 8.12. The molecule has 0 saturated carbocycles. The van der Waals surface area contributed by atoms with Crippen molar-refractivity contribution in [2.45, 2.75) is 10.9 Å². The Morgan fingerprint density at radius 1 is 1.35 bits per heavy atom. The Kier molecular flexibility index (Phi) is 5.00. The van der Waals surface area contributed by atoms with E-state index in [1.807, 2.05) is 11.0 Å². The Bertz CT molecular complexity index is 970. The maximum Gasteiger partial charge on any atom is 0.246 e. The van der Waals surface area contributed by atoms with Crippen molar-refractivity contribution in [3.63, 3.8) is 0 Å². The maximum absolute atomic E-state index is 13.0. The number of likely N-dealkylation sites (N-methyl/N-ethyl adjacent to an activating group) is 1. The summed E-state index contributed by atoms with van der Waals surface area (Å²) in [4.78, 5) is 9.97. The number of sulfonamides is 1. The zero-order chi connectivity index (χ0) is 18.9. The normalized spacial score (nSPS) is 14.8. The largest absolute Gasteiger partial charge is 0.495 e. The monoisotopic (exact) mass is 393 g/mol. The average molecular weight is 394 g/mol. The zero-order valence-corrected chi connectivity index (χ0v) is 15.7. The van der Waals surface area contributed by atoms with Crippen LogP contribution in [0.3, 0.4) is 0 Å². The Hall–Kier alpha value is -2.41. The Morgan fingerprint density at radius 3 is 2.69 bits per heavy atom. The van der Waals surface area contributed by atoms with E-state index in [4.69, 9.17) is 21.6 Å². The summed E-state index contributed by atoms with van der Waals surface area (Å²) in [5, 5.41) is 9.42. The molecule has 0 amide bonds. The van der Waals surface area contributed by atoms with Crippen LogP contribution in [-0.4, -0.2) is 56.0 Å². The van der Waals surface area contributed by atoms with Gasteiger partial charge in [0.2, 0.25) is 10.0 Å². The molecule has 1 aliphatic heterocycles. The Labute approximate surface area is 156 Å². The van der Waals surface area contributed by atoms with Gasteiger partial charge in [0.05, 0.1) is 13.2 Å². The van der Waals surface area contributed by atoms with Gasteiger partial charge in [-0.05, 0) is 18.2 Å². The number of anilines is 1. The van der Waals surface area contributed by atoms with Gasteiger partial charge in [0.1, 0.15) is 16.7 Å².